The first-order valence-electron chi connectivity index (χ1n) is 11.6. The number of esters is 1. The third-order valence-electron chi connectivity index (χ3n) is 9.35. The summed E-state index contributed by atoms with van der Waals surface area (Å²) in [6, 6.07) is 0. The predicted octanol–water partition coefficient (Wildman–Crippen LogP) is 3.33. The third-order valence-corrected chi connectivity index (χ3v) is 9.35. The van der Waals surface area contributed by atoms with E-state index in [1.165, 1.54) is 7.11 Å². The van der Waals surface area contributed by atoms with E-state index in [0.29, 0.717) is 24.7 Å². The Balaban J connectivity index is 1.56. The van der Waals surface area contributed by atoms with Crippen LogP contribution in [-0.2, 0) is 23.8 Å². The predicted molar refractivity (Wildman–Crippen MR) is 113 cm³/mol. The van der Waals surface area contributed by atoms with Crippen LogP contribution < -0.4 is 0 Å². The van der Waals surface area contributed by atoms with Gasteiger partial charge in [-0.15, -0.1) is 0 Å². The van der Waals surface area contributed by atoms with Crippen molar-refractivity contribution in [2.75, 3.05) is 7.11 Å². The van der Waals surface area contributed by atoms with Crippen molar-refractivity contribution >= 4 is 11.8 Å². The van der Waals surface area contributed by atoms with Crippen molar-refractivity contribution in [1.29, 1.82) is 0 Å². The number of hydrogen-bond donors (Lipinski definition) is 1. The van der Waals surface area contributed by atoms with E-state index in [1.807, 2.05) is 19.9 Å². The van der Waals surface area contributed by atoms with E-state index < -0.39 is 35.0 Å². The number of ether oxygens (including phenoxy) is 3. The van der Waals surface area contributed by atoms with Crippen LogP contribution in [0, 0.1) is 28.6 Å². The standard InChI is InChI=1S/C25H34O6/c1-22(2)30-20(21(28)29-5)25(31-22)11-9-17-16-7-6-14-12-15(26)8-10-23(14,3)19(16)18(27)13-24(17,25)4/h8,10,12,16-20,27H,6-7,9,11,13H2,1-5H3/t16-,17-,18-,19+,20-,23-,24-,25?/m0/s1. The van der Waals surface area contributed by atoms with Crippen LogP contribution in [0.1, 0.15) is 59.8 Å². The Morgan fingerprint density at radius 1 is 1.23 bits per heavy atom. The highest BCUT2D eigenvalue weighted by atomic mass is 16.8. The number of aliphatic hydroxyl groups is 1. The number of aliphatic hydroxyl groups excluding tert-OH is 1. The highest BCUT2D eigenvalue weighted by Crippen LogP contribution is 2.70. The monoisotopic (exact) mass is 430 g/mol. The van der Waals surface area contributed by atoms with E-state index in [9.17, 15) is 14.7 Å². The van der Waals surface area contributed by atoms with E-state index in [1.54, 1.807) is 12.2 Å². The van der Waals surface area contributed by atoms with Crippen LogP contribution in [-0.4, -0.2) is 47.6 Å². The molecule has 1 N–H and O–H groups in total. The molecule has 4 fully saturated rings. The van der Waals surface area contributed by atoms with Gasteiger partial charge in [-0.25, -0.2) is 4.79 Å². The maximum atomic E-state index is 12.8. The summed E-state index contributed by atoms with van der Waals surface area (Å²) in [5, 5.41) is 11.6. The number of allylic oxidation sites excluding steroid dienone is 4. The second-order valence-electron chi connectivity index (χ2n) is 11.2. The van der Waals surface area contributed by atoms with Crippen molar-refractivity contribution in [1.82, 2.24) is 0 Å². The summed E-state index contributed by atoms with van der Waals surface area (Å²) in [6.45, 7) is 8.04. The lowest BCUT2D eigenvalue weighted by Gasteiger charge is -2.60. The van der Waals surface area contributed by atoms with Gasteiger partial charge in [-0.05, 0) is 69.9 Å². The molecule has 0 bridgehead atoms. The fourth-order valence-electron chi connectivity index (χ4n) is 8.19. The van der Waals surface area contributed by atoms with Gasteiger partial charge in [0, 0.05) is 16.7 Å². The maximum absolute atomic E-state index is 12.8. The Hall–Kier alpha value is -1.50. The molecule has 0 radical (unpaired) electrons. The van der Waals surface area contributed by atoms with Crippen LogP contribution in [0.3, 0.4) is 0 Å². The Labute approximate surface area is 184 Å². The smallest absolute Gasteiger partial charge is 0.338 e. The lowest BCUT2D eigenvalue weighted by molar-refractivity contribution is -0.210. The molecule has 5 rings (SSSR count). The molecule has 0 aromatic rings. The van der Waals surface area contributed by atoms with Crippen LogP contribution in [0.4, 0.5) is 0 Å². The van der Waals surface area contributed by atoms with Crippen molar-refractivity contribution in [2.45, 2.75) is 83.4 Å². The van der Waals surface area contributed by atoms with E-state index in [2.05, 4.69) is 13.8 Å². The molecule has 1 unspecified atom stereocenters. The number of methoxy groups -OCH3 is 1. The molecule has 5 aliphatic rings. The number of rotatable bonds is 1. The second kappa shape index (κ2) is 6.52. The summed E-state index contributed by atoms with van der Waals surface area (Å²) in [6.07, 6.45) is 8.08. The van der Waals surface area contributed by atoms with E-state index >= 15 is 0 Å². The molecule has 8 atom stereocenters. The number of carbonyl (C=O) groups excluding carboxylic acids is 2. The fourth-order valence-corrected chi connectivity index (χ4v) is 8.19. The first-order chi connectivity index (χ1) is 14.5. The first-order valence-corrected chi connectivity index (χ1v) is 11.6. The van der Waals surface area contributed by atoms with Crippen molar-refractivity contribution < 1.29 is 28.9 Å². The quantitative estimate of drug-likeness (QED) is 0.643. The van der Waals surface area contributed by atoms with Crippen molar-refractivity contribution in [2.24, 2.45) is 28.6 Å². The van der Waals surface area contributed by atoms with Crippen molar-refractivity contribution in [3.63, 3.8) is 0 Å². The minimum Gasteiger partial charge on any atom is -0.467 e. The maximum Gasteiger partial charge on any atom is 0.338 e. The molecule has 0 aromatic carbocycles. The van der Waals surface area contributed by atoms with Gasteiger partial charge in [-0.1, -0.05) is 25.5 Å². The van der Waals surface area contributed by atoms with Gasteiger partial charge in [0.2, 0.25) is 0 Å². The molecule has 170 valence electrons. The van der Waals surface area contributed by atoms with Gasteiger partial charge in [0.05, 0.1) is 13.2 Å². The lowest BCUT2D eigenvalue weighted by Crippen LogP contribution is -2.62. The molecule has 1 aliphatic heterocycles. The summed E-state index contributed by atoms with van der Waals surface area (Å²) in [7, 11) is 1.39. The number of fused-ring (bicyclic) bond motifs is 6. The Morgan fingerprint density at radius 2 is 1.97 bits per heavy atom. The summed E-state index contributed by atoms with van der Waals surface area (Å²) in [4.78, 5) is 24.8. The topological polar surface area (TPSA) is 82.1 Å². The molecule has 6 nitrogen and oxygen atoms in total. The molecule has 1 heterocycles. The lowest BCUT2D eigenvalue weighted by atomic mass is 9.46. The number of hydrogen-bond acceptors (Lipinski definition) is 6. The zero-order valence-corrected chi connectivity index (χ0v) is 19.1. The molecule has 3 saturated carbocycles. The molecule has 0 aromatic heterocycles. The van der Waals surface area contributed by atoms with Crippen LogP contribution in [0.25, 0.3) is 0 Å². The normalized spacial score (nSPS) is 49.9. The molecule has 1 saturated heterocycles. The largest absolute Gasteiger partial charge is 0.467 e. The van der Waals surface area contributed by atoms with Crippen LogP contribution >= 0.6 is 0 Å². The minimum atomic E-state index is -0.889. The SMILES string of the molecule is COC(=O)[C@@H]1OC(C)(C)OC12CC[C@H]1[C@@H]3CCC4=CC(=O)C=C[C@]4(C)[C@H]3[C@@H](O)C[C@@]12C. The molecule has 4 aliphatic carbocycles. The Bertz CT molecular complexity index is 888. The van der Waals surface area contributed by atoms with Crippen LogP contribution in [0.2, 0.25) is 0 Å². The summed E-state index contributed by atoms with van der Waals surface area (Å²) in [5.41, 5.74) is -0.381. The van der Waals surface area contributed by atoms with Gasteiger partial charge < -0.3 is 19.3 Å². The van der Waals surface area contributed by atoms with Crippen LogP contribution in [0.5, 0.6) is 0 Å². The fraction of sp³-hybridized carbons (Fsp3) is 0.760. The number of ketones is 1. The van der Waals surface area contributed by atoms with E-state index in [-0.39, 0.29) is 17.1 Å². The van der Waals surface area contributed by atoms with Gasteiger partial charge in [0.1, 0.15) is 5.60 Å². The highest BCUT2D eigenvalue weighted by molar-refractivity contribution is 6.01. The van der Waals surface area contributed by atoms with Crippen molar-refractivity contribution in [3.8, 4) is 0 Å². The zero-order valence-electron chi connectivity index (χ0n) is 19.1. The summed E-state index contributed by atoms with van der Waals surface area (Å²) >= 11 is 0. The van der Waals surface area contributed by atoms with Gasteiger partial charge in [-0.2, -0.15) is 0 Å². The van der Waals surface area contributed by atoms with E-state index in [0.717, 1.165) is 24.8 Å². The molecule has 6 heteroatoms. The van der Waals surface area contributed by atoms with Crippen molar-refractivity contribution in [3.05, 3.63) is 23.8 Å². The van der Waals surface area contributed by atoms with Gasteiger partial charge >= 0.3 is 5.97 Å². The van der Waals surface area contributed by atoms with Gasteiger partial charge in [0.25, 0.3) is 0 Å². The minimum absolute atomic E-state index is 0.0422. The molecular formula is C25H34O6. The average molecular weight is 431 g/mol. The highest BCUT2D eigenvalue weighted by Gasteiger charge is 2.74. The zero-order chi connectivity index (χ0) is 22.4. The second-order valence-corrected chi connectivity index (χ2v) is 11.2. The summed E-state index contributed by atoms with van der Waals surface area (Å²) < 4.78 is 17.8. The molecule has 1 spiro atoms. The third kappa shape index (κ3) is 2.67. The molecule has 0 amide bonds. The first kappa shape index (κ1) is 21.4. The number of carbonyl (C=O) groups is 2. The van der Waals surface area contributed by atoms with Gasteiger partial charge in [-0.3, -0.25) is 4.79 Å². The summed E-state index contributed by atoms with van der Waals surface area (Å²) in [5.74, 6) is -0.607. The molecular weight excluding hydrogens is 396 g/mol. The average Bonchev–Trinajstić information content (AvgIpc) is 3.14. The van der Waals surface area contributed by atoms with Gasteiger partial charge in [0.15, 0.2) is 17.7 Å². The molecule has 31 heavy (non-hydrogen) atoms. The van der Waals surface area contributed by atoms with E-state index in [4.69, 9.17) is 14.2 Å². The van der Waals surface area contributed by atoms with Crippen LogP contribution in [0.15, 0.2) is 23.8 Å². The Morgan fingerprint density at radius 3 is 2.68 bits per heavy atom. The Kier molecular flexibility index (Phi) is 4.49.